The largest absolute Gasteiger partial charge is 0.441 e. The Kier molecular flexibility index (Phi) is 5.59. The molecule has 22 heavy (non-hydrogen) atoms. The van der Waals surface area contributed by atoms with Crippen molar-refractivity contribution in [2.45, 2.75) is 13.5 Å². The number of aromatic nitrogens is 1. The first-order valence-electron chi connectivity index (χ1n) is 6.90. The molecule has 2 aromatic rings. The molecule has 1 heterocycles. The number of benzene rings is 1. The van der Waals surface area contributed by atoms with E-state index in [-0.39, 0.29) is 24.7 Å². The van der Waals surface area contributed by atoms with Crippen molar-refractivity contribution < 1.29 is 23.4 Å². The van der Waals surface area contributed by atoms with Crippen LogP contribution in [0.3, 0.4) is 0 Å². The molecule has 2 rings (SSSR count). The van der Waals surface area contributed by atoms with E-state index in [0.29, 0.717) is 31.1 Å². The molecule has 0 fully saturated rings. The molecule has 120 valence electrons. The Hall–Kier alpha value is -1.83. The van der Waals surface area contributed by atoms with Crippen LogP contribution in [-0.4, -0.2) is 46.4 Å². The lowest BCUT2D eigenvalue weighted by Crippen LogP contribution is -2.29. The summed E-state index contributed by atoms with van der Waals surface area (Å²) in [6, 6.07) is 3.08. The molecule has 0 aliphatic rings. The zero-order valence-electron chi connectivity index (χ0n) is 12.2. The molecule has 0 radical (unpaired) electrons. The van der Waals surface area contributed by atoms with Gasteiger partial charge in [0.2, 0.25) is 5.89 Å². The summed E-state index contributed by atoms with van der Waals surface area (Å²) in [7, 11) is 0. The summed E-state index contributed by atoms with van der Waals surface area (Å²) in [5, 5.41) is 18.0. The fraction of sp³-hybridized carbons (Fsp3) is 0.400. The van der Waals surface area contributed by atoms with E-state index in [1.807, 2.05) is 0 Å². The average molecular weight is 312 g/mol. The topological polar surface area (TPSA) is 69.7 Å². The minimum atomic E-state index is -0.699. The van der Waals surface area contributed by atoms with Gasteiger partial charge < -0.3 is 14.6 Å². The average Bonchev–Trinajstić information content (AvgIpc) is 2.80. The number of aliphatic hydroxyl groups is 2. The summed E-state index contributed by atoms with van der Waals surface area (Å²) in [5.41, 5.74) is 0.823. The van der Waals surface area contributed by atoms with Crippen LogP contribution in [0.4, 0.5) is 8.78 Å². The molecule has 5 nitrogen and oxygen atoms in total. The van der Waals surface area contributed by atoms with Gasteiger partial charge in [-0.15, -0.1) is 0 Å². The third-order valence-corrected chi connectivity index (χ3v) is 3.21. The number of nitrogens with zero attached hydrogens (tertiary/aromatic N) is 2. The van der Waals surface area contributed by atoms with Gasteiger partial charge in [0.25, 0.3) is 0 Å². The van der Waals surface area contributed by atoms with E-state index < -0.39 is 11.6 Å². The maximum absolute atomic E-state index is 13.3. The van der Waals surface area contributed by atoms with Crippen molar-refractivity contribution in [3.63, 3.8) is 0 Å². The summed E-state index contributed by atoms with van der Waals surface area (Å²) in [4.78, 5) is 6.07. The molecule has 0 bridgehead atoms. The molecule has 0 atom stereocenters. The second kappa shape index (κ2) is 7.44. The molecule has 1 aromatic carbocycles. The summed E-state index contributed by atoms with van der Waals surface area (Å²) in [5.74, 6) is -0.733. The molecule has 0 aliphatic carbocycles. The molecule has 2 N–H and O–H groups in total. The first-order chi connectivity index (χ1) is 10.5. The van der Waals surface area contributed by atoms with Crippen LogP contribution in [0, 0.1) is 18.6 Å². The third kappa shape index (κ3) is 4.09. The quantitative estimate of drug-likeness (QED) is 0.814. The predicted molar refractivity (Wildman–Crippen MR) is 76.0 cm³/mol. The summed E-state index contributed by atoms with van der Waals surface area (Å²) < 4.78 is 32.0. The molecule has 0 amide bonds. The zero-order chi connectivity index (χ0) is 16.1. The molecule has 1 aromatic heterocycles. The Morgan fingerprint density at radius 2 is 1.68 bits per heavy atom. The van der Waals surface area contributed by atoms with Crippen molar-refractivity contribution in [1.29, 1.82) is 0 Å². The SMILES string of the molecule is Cc1oc(-c2cc(F)cc(F)c2)nc1CN(CCO)CCO. The number of hydrogen-bond acceptors (Lipinski definition) is 5. The first kappa shape index (κ1) is 16.5. The number of aryl methyl sites for hydroxylation is 1. The zero-order valence-corrected chi connectivity index (χ0v) is 12.2. The third-order valence-electron chi connectivity index (χ3n) is 3.21. The lowest BCUT2D eigenvalue weighted by molar-refractivity contribution is 0.154. The summed E-state index contributed by atoms with van der Waals surface area (Å²) >= 11 is 0. The lowest BCUT2D eigenvalue weighted by Gasteiger charge is -2.18. The maximum Gasteiger partial charge on any atom is 0.226 e. The molecule has 0 spiro atoms. The molecule has 0 saturated carbocycles. The fourth-order valence-electron chi connectivity index (χ4n) is 2.14. The Balaban J connectivity index is 2.23. The van der Waals surface area contributed by atoms with Crippen molar-refractivity contribution >= 4 is 0 Å². The maximum atomic E-state index is 13.3. The number of hydrogen-bond donors (Lipinski definition) is 2. The van der Waals surface area contributed by atoms with E-state index in [9.17, 15) is 8.78 Å². The fourth-order valence-corrected chi connectivity index (χ4v) is 2.14. The van der Waals surface area contributed by atoms with Crippen LogP contribution < -0.4 is 0 Å². The van der Waals surface area contributed by atoms with E-state index >= 15 is 0 Å². The minimum absolute atomic E-state index is 0.0428. The molecule has 0 aliphatic heterocycles. The number of halogens is 2. The van der Waals surface area contributed by atoms with Crippen LogP contribution in [0.2, 0.25) is 0 Å². The molecular formula is C15H18F2N2O3. The van der Waals surface area contributed by atoms with E-state index in [1.54, 1.807) is 11.8 Å². The van der Waals surface area contributed by atoms with Crippen molar-refractivity contribution in [2.75, 3.05) is 26.3 Å². The molecular weight excluding hydrogens is 294 g/mol. The Morgan fingerprint density at radius 1 is 1.09 bits per heavy atom. The monoisotopic (exact) mass is 312 g/mol. The van der Waals surface area contributed by atoms with E-state index in [0.717, 1.165) is 18.2 Å². The standard InChI is InChI=1S/C15H18F2N2O3/c1-10-14(9-19(2-4-20)3-5-21)18-15(22-10)11-6-12(16)8-13(17)7-11/h6-8,20-21H,2-5,9H2,1H3. The highest BCUT2D eigenvalue weighted by Gasteiger charge is 2.15. The van der Waals surface area contributed by atoms with Crippen LogP contribution in [0.5, 0.6) is 0 Å². The van der Waals surface area contributed by atoms with Crippen molar-refractivity contribution in [3.05, 3.63) is 41.3 Å². The number of oxazole rings is 1. The molecule has 0 unspecified atom stereocenters. The van der Waals surface area contributed by atoms with E-state index in [2.05, 4.69) is 4.98 Å². The van der Waals surface area contributed by atoms with Gasteiger partial charge in [0.1, 0.15) is 17.4 Å². The van der Waals surface area contributed by atoms with Gasteiger partial charge in [-0.1, -0.05) is 0 Å². The van der Waals surface area contributed by atoms with Crippen molar-refractivity contribution in [1.82, 2.24) is 9.88 Å². The Bertz CT molecular complexity index is 605. The van der Waals surface area contributed by atoms with Crippen LogP contribution in [0.15, 0.2) is 22.6 Å². The Labute approximate surface area is 126 Å². The highest BCUT2D eigenvalue weighted by atomic mass is 19.1. The van der Waals surface area contributed by atoms with Gasteiger partial charge in [0.05, 0.1) is 18.9 Å². The highest BCUT2D eigenvalue weighted by Crippen LogP contribution is 2.24. The summed E-state index contributed by atoms with van der Waals surface area (Å²) in [6.45, 7) is 2.76. The van der Waals surface area contributed by atoms with Crippen molar-refractivity contribution in [2.24, 2.45) is 0 Å². The van der Waals surface area contributed by atoms with Crippen LogP contribution in [0.1, 0.15) is 11.5 Å². The summed E-state index contributed by atoms with van der Waals surface area (Å²) in [6.07, 6.45) is 0. The molecule has 7 heteroatoms. The van der Waals surface area contributed by atoms with Gasteiger partial charge in [-0.25, -0.2) is 13.8 Å². The first-order valence-corrected chi connectivity index (χ1v) is 6.90. The lowest BCUT2D eigenvalue weighted by atomic mass is 10.2. The number of aliphatic hydroxyl groups excluding tert-OH is 2. The number of rotatable bonds is 7. The van der Waals surface area contributed by atoms with Crippen LogP contribution in [0.25, 0.3) is 11.5 Å². The smallest absolute Gasteiger partial charge is 0.226 e. The van der Waals surface area contributed by atoms with Crippen molar-refractivity contribution in [3.8, 4) is 11.5 Å². The van der Waals surface area contributed by atoms with Gasteiger partial charge in [-0.05, 0) is 19.1 Å². The second-order valence-corrected chi connectivity index (χ2v) is 4.90. The normalized spacial score (nSPS) is 11.4. The predicted octanol–water partition coefficient (Wildman–Crippen LogP) is 1.71. The Morgan fingerprint density at radius 3 is 2.23 bits per heavy atom. The second-order valence-electron chi connectivity index (χ2n) is 4.90. The van der Waals surface area contributed by atoms with Crippen LogP contribution >= 0.6 is 0 Å². The van der Waals surface area contributed by atoms with Gasteiger partial charge in [-0.3, -0.25) is 4.90 Å². The minimum Gasteiger partial charge on any atom is -0.441 e. The molecule has 0 saturated heterocycles. The van der Waals surface area contributed by atoms with Gasteiger partial charge in [0.15, 0.2) is 0 Å². The van der Waals surface area contributed by atoms with Crippen LogP contribution in [-0.2, 0) is 6.54 Å². The highest BCUT2D eigenvalue weighted by molar-refractivity contribution is 5.53. The van der Waals surface area contributed by atoms with Gasteiger partial charge in [-0.2, -0.15) is 0 Å². The van der Waals surface area contributed by atoms with E-state index in [1.165, 1.54) is 0 Å². The van der Waals surface area contributed by atoms with Gasteiger partial charge in [0, 0.05) is 31.3 Å². The van der Waals surface area contributed by atoms with E-state index in [4.69, 9.17) is 14.6 Å². The van der Waals surface area contributed by atoms with Gasteiger partial charge >= 0.3 is 0 Å².